The predicted molar refractivity (Wildman–Crippen MR) is 84.1 cm³/mol. The number of rotatable bonds is 5. The second-order valence-electron chi connectivity index (χ2n) is 5.22. The van der Waals surface area contributed by atoms with E-state index in [1.807, 2.05) is 12.1 Å². The molecule has 4 nitrogen and oxygen atoms in total. The quantitative estimate of drug-likeness (QED) is 0.641. The molecule has 1 aromatic carbocycles. The van der Waals surface area contributed by atoms with Gasteiger partial charge in [-0.1, -0.05) is 19.1 Å². The second-order valence-corrected chi connectivity index (χ2v) is 5.22. The minimum absolute atomic E-state index is 0.365. The van der Waals surface area contributed by atoms with Crippen LogP contribution in [0, 0.1) is 0 Å². The maximum absolute atomic E-state index is 5.89. The highest BCUT2D eigenvalue weighted by Crippen LogP contribution is 2.15. The highest BCUT2D eigenvalue weighted by Gasteiger charge is 2.12. The lowest BCUT2D eigenvalue weighted by Crippen LogP contribution is -2.24. The third-order valence-corrected chi connectivity index (χ3v) is 3.64. The Bertz CT molecular complexity index is 422. The number of aliphatic imine (C=N–C) groups is 1. The van der Waals surface area contributed by atoms with E-state index in [9.17, 15) is 0 Å². The first-order chi connectivity index (χ1) is 9.78. The van der Waals surface area contributed by atoms with E-state index in [1.165, 1.54) is 18.4 Å². The fourth-order valence-electron chi connectivity index (χ4n) is 2.38. The zero-order valence-electron chi connectivity index (χ0n) is 12.3. The molecule has 1 aliphatic heterocycles. The highest BCUT2D eigenvalue weighted by molar-refractivity contribution is 5.92. The third kappa shape index (κ3) is 4.85. The molecule has 0 aliphatic carbocycles. The molecule has 1 aliphatic rings. The maximum Gasteiger partial charge on any atom is 0.193 e. The summed E-state index contributed by atoms with van der Waals surface area (Å²) in [5.74, 6) is 0.477. The maximum atomic E-state index is 5.89. The summed E-state index contributed by atoms with van der Waals surface area (Å²) in [5.41, 5.74) is 8.19. The van der Waals surface area contributed by atoms with Gasteiger partial charge in [-0.25, -0.2) is 0 Å². The molecule has 1 aromatic rings. The largest absolute Gasteiger partial charge is 0.378 e. The molecule has 1 atom stereocenters. The van der Waals surface area contributed by atoms with Gasteiger partial charge in [0.1, 0.15) is 0 Å². The molecule has 0 radical (unpaired) electrons. The van der Waals surface area contributed by atoms with Gasteiger partial charge >= 0.3 is 0 Å². The van der Waals surface area contributed by atoms with Gasteiger partial charge in [0.05, 0.1) is 6.10 Å². The molecule has 1 heterocycles. The molecule has 4 heteroatoms. The topological polar surface area (TPSA) is 59.6 Å². The van der Waals surface area contributed by atoms with Crippen LogP contribution in [-0.2, 0) is 11.2 Å². The van der Waals surface area contributed by atoms with Crippen molar-refractivity contribution in [3.8, 4) is 0 Å². The summed E-state index contributed by atoms with van der Waals surface area (Å²) >= 11 is 0. The van der Waals surface area contributed by atoms with Crippen molar-refractivity contribution in [2.75, 3.05) is 18.5 Å². The van der Waals surface area contributed by atoms with E-state index in [1.54, 1.807) is 0 Å². The van der Waals surface area contributed by atoms with Crippen molar-refractivity contribution in [3.63, 3.8) is 0 Å². The lowest BCUT2D eigenvalue weighted by atomic mass is 10.1. The molecule has 1 saturated heterocycles. The Morgan fingerprint density at radius 1 is 1.35 bits per heavy atom. The lowest BCUT2D eigenvalue weighted by Gasteiger charge is -2.21. The highest BCUT2D eigenvalue weighted by atomic mass is 16.5. The zero-order valence-corrected chi connectivity index (χ0v) is 12.3. The molecule has 20 heavy (non-hydrogen) atoms. The molecule has 110 valence electrons. The summed E-state index contributed by atoms with van der Waals surface area (Å²) in [7, 11) is 0. The number of guanidine groups is 1. The molecule has 0 spiro atoms. The van der Waals surface area contributed by atoms with Crippen LogP contribution < -0.4 is 11.1 Å². The van der Waals surface area contributed by atoms with E-state index in [4.69, 9.17) is 10.5 Å². The van der Waals surface area contributed by atoms with E-state index < -0.39 is 0 Å². The molecule has 1 fully saturated rings. The van der Waals surface area contributed by atoms with Crippen molar-refractivity contribution >= 4 is 11.6 Å². The fourth-order valence-corrected chi connectivity index (χ4v) is 2.38. The normalized spacial score (nSPS) is 19.9. The zero-order chi connectivity index (χ0) is 14.2. The van der Waals surface area contributed by atoms with Crippen LogP contribution in [0.4, 0.5) is 5.69 Å². The number of anilines is 1. The number of benzene rings is 1. The van der Waals surface area contributed by atoms with Gasteiger partial charge in [-0.15, -0.1) is 0 Å². The number of nitrogens with one attached hydrogen (secondary N) is 1. The second kappa shape index (κ2) is 7.90. The van der Waals surface area contributed by atoms with Gasteiger partial charge in [0.15, 0.2) is 5.96 Å². The minimum Gasteiger partial charge on any atom is -0.378 e. The number of hydrogen-bond acceptors (Lipinski definition) is 2. The molecule has 0 saturated carbocycles. The van der Waals surface area contributed by atoms with Crippen molar-refractivity contribution in [1.29, 1.82) is 0 Å². The summed E-state index contributed by atoms with van der Waals surface area (Å²) in [6, 6.07) is 8.27. The molecule has 2 rings (SSSR count). The van der Waals surface area contributed by atoms with Gasteiger partial charge in [0, 0.05) is 18.8 Å². The van der Waals surface area contributed by atoms with Crippen LogP contribution in [0.5, 0.6) is 0 Å². The van der Waals surface area contributed by atoms with Crippen molar-refractivity contribution in [2.24, 2.45) is 10.7 Å². The molecule has 1 unspecified atom stereocenters. The van der Waals surface area contributed by atoms with Gasteiger partial charge in [-0.3, -0.25) is 4.99 Å². The Kier molecular flexibility index (Phi) is 5.87. The molecule has 0 amide bonds. The van der Waals surface area contributed by atoms with E-state index >= 15 is 0 Å². The fraction of sp³-hybridized carbons (Fsp3) is 0.562. The summed E-state index contributed by atoms with van der Waals surface area (Å²) in [5, 5.41) is 3.12. The van der Waals surface area contributed by atoms with E-state index in [2.05, 4.69) is 29.4 Å². The Morgan fingerprint density at radius 2 is 2.15 bits per heavy atom. The van der Waals surface area contributed by atoms with Crippen LogP contribution in [-0.4, -0.2) is 25.2 Å². The molecule has 3 N–H and O–H groups in total. The van der Waals surface area contributed by atoms with Gasteiger partial charge < -0.3 is 15.8 Å². The minimum atomic E-state index is 0.365. The number of hydrogen-bond donors (Lipinski definition) is 2. The summed E-state index contributed by atoms with van der Waals surface area (Å²) in [6.45, 7) is 3.76. The van der Waals surface area contributed by atoms with Crippen molar-refractivity contribution in [2.45, 2.75) is 45.1 Å². The first-order valence-electron chi connectivity index (χ1n) is 7.55. The van der Waals surface area contributed by atoms with Crippen LogP contribution in [0.25, 0.3) is 0 Å². The monoisotopic (exact) mass is 275 g/mol. The van der Waals surface area contributed by atoms with Crippen LogP contribution in [0.1, 0.15) is 38.2 Å². The Hall–Kier alpha value is -1.55. The number of aryl methyl sites for hydroxylation is 1. The molecule has 0 aromatic heterocycles. The van der Waals surface area contributed by atoms with Crippen molar-refractivity contribution in [1.82, 2.24) is 0 Å². The van der Waals surface area contributed by atoms with Crippen LogP contribution in [0.2, 0.25) is 0 Å². The van der Waals surface area contributed by atoms with E-state index in [0.717, 1.165) is 38.1 Å². The van der Waals surface area contributed by atoms with Gasteiger partial charge in [-0.05, 0) is 49.8 Å². The van der Waals surface area contributed by atoms with Gasteiger partial charge in [-0.2, -0.15) is 0 Å². The Balaban J connectivity index is 1.74. The first kappa shape index (κ1) is 14.9. The summed E-state index contributed by atoms with van der Waals surface area (Å²) in [4.78, 5) is 4.36. The van der Waals surface area contributed by atoms with Crippen LogP contribution >= 0.6 is 0 Å². The number of ether oxygens (including phenoxy) is 1. The van der Waals surface area contributed by atoms with Crippen LogP contribution in [0.3, 0.4) is 0 Å². The van der Waals surface area contributed by atoms with E-state index in [-0.39, 0.29) is 0 Å². The Labute approximate surface area is 121 Å². The molecular weight excluding hydrogens is 250 g/mol. The average molecular weight is 275 g/mol. The first-order valence-corrected chi connectivity index (χ1v) is 7.55. The average Bonchev–Trinajstić information content (AvgIpc) is 2.49. The number of nitrogens with zero attached hydrogens (tertiary/aromatic N) is 1. The van der Waals surface area contributed by atoms with Crippen LogP contribution in [0.15, 0.2) is 29.3 Å². The van der Waals surface area contributed by atoms with Gasteiger partial charge in [0.25, 0.3) is 0 Å². The van der Waals surface area contributed by atoms with Crippen molar-refractivity contribution < 1.29 is 4.74 Å². The standard InChI is InChI=1S/C16H25N3O/c1-2-13-6-8-14(9-7-13)19-16(17)18-11-10-15-5-3-4-12-20-15/h6-9,15H,2-5,10-12H2,1H3,(H3,17,18,19). The Morgan fingerprint density at radius 3 is 2.80 bits per heavy atom. The summed E-state index contributed by atoms with van der Waals surface area (Å²) in [6.07, 6.45) is 5.98. The predicted octanol–water partition coefficient (Wildman–Crippen LogP) is 2.93. The number of nitrogens with two attached hydrogens (primary N) is 1. The smallest absolute Gasteiger partial charge is 0.193 e. The van der Waals surface area contributed by atoms with Crippen molar-refractivity contribution in [3.05, 3.63) is 29.8 Å². The third-order valence-electron chi connectivity index (χ3n) is 3.64. The molecular formula is C16H25N3O. The lowest BCUT2D eigenvalue weighted by molar-refractivity contribution is 0.0129. The van der Waals surface area contributed by atoms with E-state index in [0.29, 0.717) is 12.1 Å². The van der Waals surface area contributed by atoms with Gasteiger partial charge in [0.2, 0.25) is 0 Å². The SMILES string of the molecule is CCc1ccc(NC(N)=NCCC2CCCCO2)cc1. The molecule has 0 bridgehead atoms. The summed E-state index contributed by atoms with van der Waals surface area (Å²) < 4.78 is 5.67.